The van der Waals surface area contributed by atoms with E-state index in [2.05, 4.69) is 25.4 Å². The highest BCUT2D eigenvalue weighted by Gasteiger charge is 2.57. The van der Waals surface area contributed by atoms with E-state index in [-0.39, 0.29) is 36.9 Å². The smallest absolute Gasteiger partial charge is 0.407 e. The first kappa shape index (κ1) is 24.1. The number of H-pyrrole nitrogens is 1. The first-order chi connectivity index (χ1) is 15.9. The molecule has 34 heavy (non-hydrogen) atoms. The summed E-state index contributed by atoms with van der Waals surface area (Å²) in [5.41, 5.74) is 0.149. The van der Waals surface area contributed by atoms with Crippen LogP contribution < -0.4 is 10.1 Å². The van der Waals surface area contributed by atoms with Gasteiger partial charge in [0.2, 0.25) is 11.8 Å². The Hall–Kier alpha value is -3.05. The number of ether oxygens (including phenoxy) is 1. The Labute approximate surface area is 202 Å². The predicted molar refractivity (Wildman–Crippen MR) is 128 cm³/mol. The van der Waals surface area contributed by atoms with Gasteiger partial charge in [-0.15, -0.1) is 0 Å². The van der Waals surface area contributed by atoms with E-state index in [1.807, 2.05) is 20.8 Å². The molecule has 0 aliphatic carbocycles. The van der Waals surface area contributed by atoms with Crippen LogP contribution in [0.4, 0.5) is 16.4 Å². The van der Waals surface area contributed by atoms with Gasteiger partial charge in [-0.05, 0) is 12.3 Å². The number of carboxylic acid groups (broad SMARTS) is 1. The fourth-order valence-electron chi connectivity index (χ4n) is 4.79. The first-order valence-corrected chi connectivity index (χ1v) is 11.4. The molecule has 3 aromatic rings. The molecule has 12 heteroatoms. The molecule has 4 heterocycles. The molecule has 0 radical (unpaired) electrons. The van der Waals surface area contributed by atoms with Crippen LogP contribution in [0, 0.1) is 16.7 Å². The van der Waals surface area contributed by atoms with E-state index in [4.69, 9.17) is 16.3 Å². The van der Waals surface area contributed by atoms with Crippen molar-refractivity contribution in [2.45, 2.75) is 33.8 Å². The van der Waals surface area contributed by atoms with Crippen molar-refractivity contribution in [1.82, 2.24) is 29.6 Å². The third-order valence-electron chi connectivity index (χ3n) is 6.82. The van der Waals surface area contributed by atoms with E-state index in [0.717, 1.165) is 0 Å². The second-order valence-electron chi connectivity index (χ2n) is 9.95. The van der Waals surface area contributed by atoms with E-state index < -0.39 is 17.6 Å². The molecule has 1 saturated heterocycles. The third-order valence-corrected chi connectivity index (χ3v) is 7.12. The summed E-state index contributed by atoms with van der Waals surface area (Å²) in [5.74, 6) is 0.240. The van der Waals surface area contributed by atoms with Crippen molar-refractivity contribution < 1.29 is 19.7 Å². The number of halogens is 1. The zero-order valence-electron chi connectivity index (χ0n) is 19.8. The van der Waals surface area contributed by atoms with Gasteiger partial charge in [-0.3, -0.25) is 4.68 Å². The van der Waals surface area contributed by atoms with E-state index in [1.54, 1.807) is 37.2 Å². The summed E-state index contributed by atoms with van der Waals surface area (Å²) in [6.07, 6.45) is 3.31. The van der Waals surface area contributed by atoms with Crippen LogP contribution in [0.2, 0.25) is 5.02 Å². The Morgan fingerprint density at radius 1 is 1.44 bits per heavy atom. The summed E-state index contributed by atoms with van der Waals surface area (Å²) in [4.78, 5) is 25.2. The molecule has 184 valence electrons. The standard InChI is InChI=1S/C22H30ClN7O4/c1-12(31)14-9-30(20(32)33)10-22(14,21(2,3)4)11-34-18-16-15(23)7-24-17(16)27-19(28-18)26-13-6-25-29(5)8-13/h6-8,12,14,31H,9-11H2,1-5H3,(H,32,33)(H2,24,26,27,28)/t12-,14+,22-/m0/s1. The lowest BCUT2D eigenvalue weighted by molar-refractivity contribution is -0.0440. The summed E-state index contributed by atoms with van der Waals surface area (Å²) in [5, 5.41) is 28.5. The quantitative estimate of drug-likeness (QED) is 0.410. The maximum atomic E-state index is 11.8. The van der Waals surface area contributed by atoms with E-state index in [0.29, 0.717) is 27.7 Å². The van der Waals surface area contributed by atoms with Crippen LogP contribution in [0.5, 0.6) is 5.88 Å². The Kier molecular flexibility index (Phi) is 6.11. The Bertz CT molecular complexity index is 1200. The van der Waals surface area contributed by atoms with Crippen LogP contribution in [0.3, 0.4) is 0 Å². The molecule has 1 amide bonds. The molecule has 1 aliphatic rings. The van der Waals surface area contributed by atoms with Gasteiger partial charge in [0.25, 0.3) is 0 Å². The van der Waals surface area contributed by atoms with Gasteiger partial charge < -0.3 is 30.2 Å². The summed E-state index contributed by atoms with van der Waals surface area (Å²) in [6, 6.07) is 0. The molecule has 3 aromatic heterocycles. The molecule has 1 aliphatic heterocycles. The molecule has 4 N–H and O–H groups in total. The fraction of sp³-hybridized carbons (Fsp3) is 0.545. The number of aryl methyl sites for hydroxylation is 1. The van der Waals surface area contributed by atoms with Crippen molar-refractivity contribution in [1.29, 1.82) is 0 Å². The molecule has 0 aromatic carbocycles. The van der Waals surface area contributed by atoms with Gasteiger partial charge in [0, 0.05) is 43.9 Å². The van der Waals surface area contributed by atoms with Gasteiger partial charge in [-0.25, -0.2) is 4.79 Å². The molecule has 4 rings (SSSR count). The van der Waals surface area contributed by atoms with Crippen molar-refractivity contribution in [2.75, 3.05) is 25.0 Å². The van der Waals surface area contributed by atoms with Crippen molar-refractivity contribution in [3.05, 3.63) is 23.6 Å². The summed E-state index contributed by atoms with van der Waals surface area (Å²) in [7, 11) is 1.81. The molecule has 0 spiro atoms. The number of rotatable bonds is 6. The maximum Gasteiger partial charge on any atom is 0.407 e. The molecule has 0 unspecified atom stereocenters. The number of aliphatic hydroxyl groups excluding tert-OH is 1. The lowest BCUT2D eigenvalue weighted by Gasteiger charge is -2.46. The van der Waals surface area contributed by atoms with Crippen LogP contribution in [-0.4, -0.2) is 71.7 Å². The number of anilines is 2. The molecule has 1 fully saturated rings. The fourth-order valence-corrected chi connectivity index (χ4v) is 5.02. The molecule has 3 atom stereocenters. The summed E-state index contributed by atoms with van der Waals surface area (Å²) in [6.45, 7) is 8.39. The lowest BCUT2D eigenvalue weighted by atomic mass is 9.60. The van der Waals surface area contributed by atoms with Gasteiger partial charge in [-0.1, -0.05) is 32.4 Å². The molecule has 0 bridgehead atoms. The first-order valence-electron chi connectivity index (χ1n) is 11.0. The van der Waals surface area contributed by atoms with Gasteiger partial charge in [-0.2, -0.15) is 15.1 Å². The lowest BCUT2D eigenvalue weighted by Crippen LogP contribution is -2.50. The Balaban J connectivity index is 1.71. The van der Waals surface area contributed by atoms with Crippen LogP contribution in [-0.2, 0) is 7.05 Å². The minimum Gasteiger partial charge on any atom is -0.476 e. The predicted octanol–water partition coefficient (Wildman–Crippen LogP) is 3.49. The van der Waals surface area contributed by atoms with E-state index >= 15 is 0 Å². The van der Waals surface area contributed by atoms with Crippen LogP contribution in [0.25, 0.3) is 11.0 Å². The highest BCUT2D eigenvalue weighted by atomic mass is 35.5. The number of aromatic amines is 1. The number of amides is 1. The second kappa shape index (κ2) is 8.62. The minimum absolute atomic E-state index is 0.135. The van der Waals surface area contributed by atoms with Crippen molar-refractivity contribution in [3.63, 3.8) is 0 Å². The average Bonchev–Trinajstić information content (AvgIpc) is 3.43. The number of aliphatic hydroxyl groups is 1. The number of fused-ring (bicyclic) bond motifs is 1. The van der Waals surface area contributed by atoms with Crippen LogP contribution in [0.1, 0.15) is 27.7 Å². The Morgan fingerprint density at radius 2 is 2.18 bits per heavy atom. The van der Waals surface area contributed by atoms with E-state index in [1.165, 1.54) is 4.90 Å². The monoisotopic (exact) mass is 491 g/mol. The zero-order valence-corrected chi connectivity index (χ0v) is 20.6. The highest BCUT2D eigenvalue weighted by Crippen LogP contribution is 2.51. The topological polar surface area (TPSA) is 141 Å². The number of hydrogen-bond acceptors (Lipinski definition) is 7. The normalized spacial score (nSPS) is 21.7. The number of nitrogens with one attached hydrogen (secondary N) is 2. The van der Waals surface area contributed by atoms with Gasteiger partial charge >= 0.3 is 6.09 Å². The largest absolute Gasteiger partial charge is 0.476 e. The number of nitrogens with zero attached hydrogens (tertiary/aromatic N) is 5. The highest BCUT2D eigenvalue weighted by molar-refractivity contribution is 6.35. The number of aromatic nitrogens is 5. The second-order valence-corrected chi connectivity index (χ2v) is 10.4. The number of carbonyl (C=O) groups is 1. The Morgan fingerprint density at radius 3 is 2.76 bits per heavy atom. The van der Waals surface area contributed by atoms with Gasteiger partial charge in [0.05, 0.1) is 35.0 Å². The van der Waals surface area contributed by atoms with Crippen molar-refractivity contribution in [3.8, 4) is 5.88 Å². The van der Waals surface area contributed by atoms with E-state index in [9.17, 15) is 15.0 Å². The number of hydrogen-bond donors (Lipinski definition) is 4. The molecular formula is C22H30ClN7O4. The van der Waals surface area contributed by atoms with Crippen molar-refractivity contribution in [2.24, 2.45) is 23.8 Å². The summed E-state index contributed by atoms with van der Waals surface area (Å²) >= 11 is 6.41. The molecule has 11 nitrogen and oxygen atoms in total. The van der Waals surface area contributed by atoms with Crippen LogP contribution in [0.15, 0.2) is 18.6 Å². The maximum absolute atomic E-state index is 11.8. The summed E-state index contributed by atoms with van der Waals surface area (Å²) < 4.78 is 7.97. The third kappa shape index (κ3) is 4.25. The molecule has 0 saturated carbocycles. The van der Waals surface area contributed by atoms with Crippen molar-refractivity contribution >= 4 is 40.4 Å². The minimum atomic E-state index is -1.02. The van der Waals surface area contributed by atoms with Gasteiger partial charge in [0.15, 0.2) is 0 Å². The number of likely N-dealkylation sites (tertiary alicyclic amines) is 1. The SMILES string of the molecule is C[C@H](O)[C@H]1CN(C(=O)O)C[C@@]1(COc1nc(Nc2cnn(C)c2)nc2[nH]cc(Cl)c12)C(C)(C)C. The zero-order chi connectivity index (χ0) is 24.8. The van der Waals surface area contributed by atoms with Gasteiger partial charge in [0.1, 0.15) is 5.65 Å². The van der Waals surface area contributed by atoms with Crippen LogP contribution >= 0.6 is 11.6 Å². The molecular weight excluding hydrogens is 462 g/mol. The average molecular weight is 492 g/mol.